The number of nitro benzene ring substituents is 1. The number of ether oxygens (including phenoxy) is 1. The Labute approximate surface area is 165 Å². The molecule has 0 amide bonds. The second-order valence-electron chi connectivity index (χ2n) is 6.69. The molecule has 1 aliphatic rings. The second-order valence-corrected chi connectivity index (χ2v) is 7.72. The number of nitro groups is 1. The Morgan fingerprint density at radius 1 is 1.21 bits per heavy atom. The number of aromatic nitrogens is 2. The van der Waals surface area contributed by atoms with Crippen LogP contribution in [0.15, 0.2) is 46.2 Å². The van der Waals surface area contributed by atoms with Gasteiger partial charge >= 0.3 is 0 Å². The van der Waals surface area contributed by atoms with Gasteiger partial charge in [0.05, 0.1) is 17.6 Å². The van der Waals surface area contributed by atoms with Gasteiger partial charge in [0.2, 0.25) is 11.8 Å². The Morgan fingerprint density at radius 2 is 2.07 bits per heavy atom. The van der Waals surface area contributed by atoms with Crippen LogP contribution in [0.25, 0.3) is 11.5 Å². The van der Waals surface area contributed by atoms with E-state index in [9.17, 15) is 10.1 Å². The summed E-state index contributed by atoms with van der Waals surface area (Å²) in [7, 11) is 0. The molecule has 8 nitrogen and oxygen atoms in total. The van der Waals surface area contributed by atoms with Gasteiger partial charge in [-0.25, -0.2) is 0 Å². The summed E-state index contributed by atoms with van der Waals surface area (Å²) in [6.45, 7) is 2.96. The lowest BCUT2D eigenvalue weighted by Crippen LogP contribution is -2.31. The standard InChI is InChI=1S/C19H20N4O4S/c24-23(25)15-7-5-14(6-8-15)19-21-20-18(27-19)13-22(11-16-3-1-9-26-16)12-17-4-2-10-28-17/h2,4-8,10,16H,1,3,9,11-13H2. The van der Waals surface area contributed by atoms with E-state index in [0.29, 0.717) is 23.9 Å². The smallest absolute Gasteiger partial charge is 0.269 e. The molecule has 2 aromatic heterocycles. The van der Waals surface area contributed by atoms with Crippen molar-refractivity contribution in [3.8, 4) is 11.5 Å². The van der Waals surface area contributed by atoms with E-state index >= 15 is 0 Å². The van der Waals surface area contributed by atoms with Crippen LogP contribution < -0.4 is 0 Å². The molecule has 3 heterocycles. The molecule has 0 saturated carbocycles. The highest BCUT2D eigenvalue weighted by atomic mass is 32.1. The summed E-state index contributed by atoms with van der Waals surface area (Å²) in [6.07, 6.45) is 2.40. The van der Waals surface area contributed by atoms with E-state index in [4.69, 9.17) is 9.15 Å². The van der Waals surface area contributed by atoms with Crippen LogP contribution in [-0.2, 0) is 17.8 Å². The molecule has 0 spiro atoms. The van der Waals surface area contributed by atoms with Crippen molar-refractivity contribution >= 4 is 17.0 Å². The summed E-state index contributed by atoms with van der Waals surface area (Å²) in [6, 6.07) is 10.3. The molecular formula is C19H20N4O4S. The van der Waals surface area contributed by atoms with Crippen LogP contribution in [0.3, 0.4) is 0 Å². The molecule has 28 heavy (non-hydrogen) atoms. The van der Waals surface area contributed by atoms with Crippen LogP contribution >= 0.6 is 11.3 Å². The van der Waals surface area contributed by atoms with Crippen molar-refractivity contribution < 1.29 is 14.1 Å². The van der Waals surface area contributed by atoms with Crippen LogP contribution in [0.4, 0.5) is 5.69 Å². The molecule has 1 atom stereocenters. The Kier molecular flexibility index (Phi) is 5.75. The van der Waals surface area contributed by atoms with E-state index in [1.54, 1.807) is 23.5 Å². The molecule has 0 radical (unpaired) electrons. The van der Waals surface area contributed by atoms with E-state index in [-0.39, 0.29) is 11.8 Å². The topological polar surface area (TPSA) is 94.5 Å². The minimum absolute atomic E-state index is 0.0298. The maximum atomic E-state index is 10.8. The molecule has 1 saturated heterocycles. The van der Waals surface area contributed by atoms with Gasteiger partial charge < -0.3 is 9.15 Å². The van der Waals surface area contributed by atoms with Crippen LogP contribution in [0.5, 0.6) is 0 Å². The van der Waals surface area contributed by atoms with Crippen LogP contribution in [0, 0.1) is 10.1 Å². The van der Waals surface area contributed by atoms with Crippen molar-refractivity contribution in [2.45, 2.75) is 32.0 Å². The Bertz CT molecular complexity index is 904. The molecule has 4 rings (SSSR count). The zero-order valence-electron chi connectivity index (χ0n) is 15.2. The van der Waals surface area contributed by atoms with Crippen molar-refractivity contribution in [2.24, 2.45) is 0 Å². The fourth-order valence-electron chi connectivity index (χ4n) is 3.24. The maximum absolute atomic E-state index is 10.8. The van der Waals surface area contributed by atoms with E-state index in [1.165, 1.54) is 17.0 Å². The van der Waals surface area contributed by atoms with Gasteiger partial charge in [-0.2, -0.15) is 0 Å². The van der Waals surface area contributed by atoms with Crippen LogP contribution in [0.1, 0.15) is 23.6 Å². The van der Waals surface area contributed by atoms with Crippen molar-refractivity contribution in [2.75, 3.05) is 13.2 Å². The molecule has 3 aromatic rings. The monoisotopic (exact) mass is 400 g/mol. The highest BCUT2D eigenvalue weighted by Gasteiger charge is 2.21. The average molecular weight is 400 g/mol. The van der Waals surface area contributed by atoms with Gasteiger partial charge in [-0.05, 0) is 36.4 Å². The second kappa shape index (κ2) is 8.59. The number of hydrogen-bond donors (Lipinski definition) is 0. The van der Waals surface area contributed by atoms with E-state index in [2.05, 4.69) is 26.5 Å². The molecule has 1 fully saturated rings. The summed E-state index contributed by atoms with van der Waals surface area (Å²) in [5.74, 6) is 0.876. The third-order valence-electron chi connectivity index (χ3n) is 4.60. The van der Waals surface area contributed by atoms with Gasteiger partial charge in [0.1, 0.15) is 0 Å². The summed E-state index contributed by atoms with van der Waals surface area (Å²) in [5, 5.41) is 21.1. The van der Waals surface area contributed by atoms with Crippen molar-refractivity contribution in [3.05, 3.63) is 62.7 Å². The molecule has 0 aliphatic carbocycles. The highest BCUT2D eigenvalue weighted by Crippen LogP contribution is 2.23. The summed E-state index contributed by atoms with van der Waals surface area (Å²) in [4.78, 5) is 13.9. The van der Waals surface area contributed by atoms with Crippen molar-refractivity contribution in [1.29, 1.82) is 0 Å². The minimum atomic E-state index is -0.434. The summed E-state index contributed by atoms with van der Waals surface area (Å²) < 4.78 is 11.6. The zero-order chi connectivity index (χ0) is 19.3. The fourth-order valence-corrected chi connectivity index (χ4v) is 3.98. The predicted molar refractivity (Wildman–Crippen MR) is 104 cm³/mol. The number of thiophene rings is 1. The average Bonchev–Trinajstić information content (AvgIpc) is 3.45. The number of nitrogens with zero attached hydrogens (tertiary/aromatic N) is 4. The van der Waals surface area contributed by atoms with E-state index in [1.807, 2.05) is 6.07 Å². The SMILES string of the molecule is O=[N+]([O-])c1ccc(-c2nnc(CN(Cc3cccs3)CC3CCCO3)o2)cc1. The van der Waals surface area contributed by atoms with Gasteiger partial charge in [0.25, 0.3) is 5.69 Å². The lowest BCUT2D eigenvalue weighted by molar-refractivity contribution is -0.384. The maximum Gasteiger partial charge on any atom is 0.269 e. The molecular weight excluding hydrogens is 380 g/mol. The Balaban J connectivity index is 1.46. The number of non-ortho nitro benzene ring substituents is 1. The predicted octanol–water partition coefficient (Wildman–Crippen LogP) is 3.89. The normalized spacial score (nSPS) is 16.7. The minimum Gasteiger partial charge on any atom is -0.419 e. The van der Waals surface area contributed by atoms with Crippen molar-refractivity contribution in [3.63, 3.8) is 0 Å². The molecule has 1 unspecified atom stereocenters. The number of rotatable bonds is 8. The van der Waals surface area contributed by atoms with Gasteiger partial charge in [-0.15, -0.1) is 21.5 Å². The first-order valence-electron chi connectivity index (χ1n) is 9.11. The van der Waals surface area contributed by atoms with Gasteiger partial charge in [-0.3, -0.25) is 15.0 Å². The first kappa shape index (κ1) is 18.7. The molecule has 1 aliphatic heterocycles. The molecule has 1 aromatic carbocycles. The lowest BCUT2D eigenvalue weighted by Gasteiger charge is -2.23. The Morgan fingerprint density at radius 3 is 2.75 bits per heavy atom. The van der Waals surface area contributed by atoms with Crippen molar-refractivity contribution in [1.82, 2.24) is 15.1 Å². The molecule has 9 heteroatoms. The van der Waals surface area contributed by atoms with E-state index in [0.717, 1.165) is 32.5 Å². The first-order valence-corrected chi connectivity index (χ1v) is 9.99. The third kappa shape index (κ3) is 4.61. The van der Waals surface area contributed by atoms with Gasteiger partial charge in [-0.1, -0.05) is 6.07 Å². The number of hydrogen-bond acceptors (Lipinski definition) is 8. The van der Waals surface area contributed by atoms with Gasteiger partial charge in [0, 0.05) is 42.3 Å². The summed E-state index contributed by atoms with van der Waals surface area (Å²) in [5.41, 5.74) is 0.690. The first-order chi connectivity index (χ1) is 13.7. The Hall–Kier alpha value is -2.62. The quantitative estimate of drug-likeness (QED) is 0.418. The molecule has 0 bridgehead atoms. The van der Waals surface area contributed by atoms with Crippen LogP contribution in [-0.4, -0.2) is 39.3 Å². The van der Waals surface area contributed by atoms with E-state index < -0.39 is 4.92 Å². The lowest BCUT2D eigenvalue weighted by atomic mass is 10.2. The third-order valence-corrected chi connectivity index (χ3v) is 5.46. The van der Waals surface area contributed by atoms with Gasteiger partial charge in [0.15, 0.2) is 0 Å². The largest absolute Gasteiger partial charge is 0.419 e. The molecule has 146 valence electrons. The van der Waals surface area contributed by atoms with Crippen LogP contribution in [0.2, 0.25) is 0 Å². The molecule has 0 N–H and O–H groups in total. The summed E-state index contributed by atoms with van der Waals surface area (Å²) >= 11 is 1.72. The fraction of sp³-hybridized carbons (Fsp3) is 0.368. The zero-order valence-corrected chi connectivity index (χ0v) is 16.0. The highest BCUT2D eigenvalue weighted by molar-refractivity contribution is 7.09. The number of benzene rings is 1.